The highest BCUT2D eigenvalue weighted by atomic mass is 32.2. The Morgan fingerprint density at radius 2 is 2.05 bits per heavy atom. The van der Waals surface area contributed by atoms with Gasteiger partial charge in [-0.3, -0.25) is 0 Å². The number of sulfonamides is 1. The van der Waals surface area contributed by atoms with Crippen LogP contribution in [0.5, 0.6) is 0 Å². The molecular weight excluding hydrogens is 282 g/mol. The quantitative estimate of drug-likeness (QED) is 0.774. The average Bonchev–Trinajstić information content (AvgIpc) is 3.00. The van der Waals surface area contributed by atoms with Crippen LogP contribution in [0.4, 0.5) is 0 Å². The minimum atomic E-state index is -3.35. The highest BCUT2D eigenvalue weighted by Gasteiger charge is 2.17. The fourth-order valence-electron chi connectivity index (χ4n) is 2.19. The third-order valence-electron chi connectivity index (χ3n) is 3.21. The molecule has 2 heterocycles. The van der Waals surface area contributed by atoms with Gasteiger partial charge in [0.05, 0.1) is 0 Å². The third kappa shape index (κ3) is 4.25. The summed E-state index contributed by atoms with van der Waals surface area (Å²) in [7, 11) is -3.35. The third-order valence-corrected chi connectivity index (χ3v) is 6.31. The topological polar surface area (TPSA) is 75.4 Å². The monoisotopic (exact) mass is 303 g/mol. The molecule has 3 N–H and O–H groups in total. The van der Waals surface area contributed by atoms with Gasteiger partial charge in [0.15, 0.2) is 0 Å². The highest BCUT2D eigenvalue weighted by Crippen LogP contribution is 2.21. The van der Waals surface area contributed by atoms with Gasteiger partial charge in [-0.1, -0.05) is 0 Å². The van der Waals surface area contributed by atoms with Gasteiger partial charge < -0.3 is 10.6 Å². The van der Waals surface area contributed by atoms with Gasteiger partial charge in [-0.15, -0.1) is 11.3 Å². The van der Waals surface area contributed by atoms with E-state index in [2.05, 4.69) is 9.62 Å². The Morgan fingerprint density at radius 3 is 2.74 bits per heavy atom. The average molecular weight is 303 g/mol. The van der Waals surface area contributed by atoms with E-state index in [4.69, 9.17) is 5.73 Å². The first-order valence-electron chi connectivity index (χ1n) is 6.62. The van der Waals surface area contributed by atoms with Gasteiger partial charge in [-0.2, -0.15) is 0 Å². The zero-order valence-corrected chi connectivity index (χ0v) is 12.6. The second-order valence-corrected chi connectivity index (χ2v) is 7.87. The Morgan fingerprint density at radius 1 is 1.32 bits per heavy atom. The molecule has 0 spiro atoms. The molecule has 0 atom stereocenters. The summed E-state index contributed by atoms with van der Waals surface area (Å²) in [5, 5.41) is 0. The molecule has 2 rings (SSSR count). The molecule has 5 nitrogen and oxygen atoms in total. The summed E-state index contributed by atoms with van der Waals surface area (Å²) in [4.78, 5) is 3.30. The number of nitrogens with one attached hydrogen (secondary N) is 1. The lowest BCUT2D eigenvalue weighted by molar-refractivity contribution is 0.344. The molecule has 108 valence electrons. The number of thiophene rings is 1. The number of likely N-dealkylation sites (tertiary alicyclic amines) is 1. The van der Waals surface area contributed by atoms with E-state index in [1.807, 2.05) is 6.07 Å². The molecule has 0 aromatic carbocycles. The first-order chi connectivity index (χ1) is 9.12. The summed E-state index contributed by atoms with van der Waals surface area (Å²) >= 11 is 1.30. The van der Waals surface area contributed by atoms with Crippen molar-refractivity contribution in [2.45, 2.75) is 23.5 Å². The van der Waals surface area contributed by atoms with Crippen LogP contribution in [0.25, 0.3) is 0 Å². The molecule has 0 amide bonds. The van der Waals surface area contributed by atoms with Crippen LogP contribution >= 0.6 is 11.3 Å². The fourth-order valence-corrected chi connectivity index (χ4v) is 4.63. The van der Waals surface area contributed by atoms with Crippen molar-refractivity contribution in [3.8, 4) is 0 Å². The van der Waals surface area contributed by atoms with Crippen LogP contribution in [-0.2, 0) is 16.4 Å². The lowest BCUT2D eigenvalue weighted by atomic mass is 10.3. The Kier molecular flexibility index (Phi) is 5.35. The maximum atomic E-state index is 12.1. The molecule has 1 fully saturated rings. The zero-order chi connectivity index (χ0) is 13.7. The molecule has 1 aliphatic heterocycles. The molecule has 0 unspecified atom stereocenters. The van der Waals surface area contributed by atoms with Crippen LogP contribution < -0.4 is 10.5 Å². The Hall–Kier alpha value is -0.470. The van der Waals surface area contributed by atoms with Crippen molar-refractivity contribution in [2.24, 2.45) is 5.73 Å². The second kappa shape index (κ2) is 6.81. The Bertz CT molecular complexity index is 493. The van der Waals surface area contributed by atoms with Crippen LogP contribution in [0, 0.1) is 0 Å². The van der Waals surface area contributed by atoms with E-state index in [9.17, 15) is 8.42 Å². The van der Waals surface area contributed by atoms with Crippen molar-refractivity contribution in [3.63, 3.8) is 0 Å². The summed E-state index contributed by atoms with van der Waals surface area (Å²) in [6, 6.07) is 3.50. The van der Waals surface area contributed by atoms with Crippen LogP contribution in [-0.4, -0.2) is 46.0 Å². The molecule has 7 heteroatoms. The predicted octanol–water partition coefficient (Wildman–Crippen LogP) is 0.623. The molecule has 1 aromatic rings. The number of nitrogens with two attached hydrogens (primary N) is 1. The summed E-state index contributed by atoms with van der Waals surface area (Å²) in [5.41, 5.74) is 5.46. The largest absolute Gasteiger partial charge is 0.330 e. The molecule has 19 heavy (non-hydrogen) atoms. The minimum Gasteiger partial charge on any atom is -0.330 e. The first kappa shape index (κ1) is 14.9. The van der Waals surface area contributed by atoms with Crippen molar-refractivity contribution < 1.29 is 8.42 Å². The molecule has 0 bridgehead atoms. The Labute approximate surface area is 118 Å². The fraction of sp³-hybridized carbons (Fsp3) is 0.667. The van der Waals surface area contributed by atoms with Gasteiger partial charge in [0.1, 0.15) is 4.21 Å². The van der Waals surface area contributed by atoms with E-state index < -0.39 is 10.0 Å². The van der Waals surface area contributed by atoms with E-state index in [1.54, 1.807) is 6.07 Å². The van der Waals surface area contributed by atoms with E-state index in [-0.39, 0.29) is 0 Å². The standard InChI is InChI=1S/C12H21N3O2S2/c13-6-5-11-3-4-12(18-11)19(16,17)14-7-10-15-8-1-2-9-15/h3-4,14H,1-2,5-10,13H2. The minimum absolute atomic E-state index is 0.386. The van der Waals surface area contributed by atoms with E-state index in [0.717, 1.165) is 30.9 Å². The number of hydrogen-bond donors (Lipinski definition) is 2. The van der Waals surface area contributed by atoms with E-state index in [0.29, 0.717) is 17.3 Å². The molecule has 0 aliphatic carbocycles. The summed E-state index contributed by atoms with van der Waals surface area (Å²) in [5.74, 6) is 0. The molecular formula is C12H21N3O2S2. The lowest BCUT2D eigenvalue weighted by Crippen LogP contribution is -2.33. The zero-order valence-electron chi connectivity index (χ0n) is 11.0. The van der Waals surface area contributed by atoms with Crippen LogP contribution in [0.1, 0.15) is 17.7 Å². The van der Waals surface area contributed by atoms with Crippen molar-refractivity contribution in [1.82, 2.24) is 9.62 Å². The SMILES string of the molecule is NCCc1ccc(S(=O)(=O)NCCN2CCCC2)s1. The van der Waals surface area contributed by atoms with Gasteiger partial charge in [0.25, 0.3) is 0 Å². The Balaban J connectivity index is 1.85. The number of nitrogens with zero attached hydrogens (tertiary/aromatic N) is 1. The highest BCUT2D eigenvalue weighted by molar-refractivity contribution is 7.91. The van der Waals surface area contributed by atoms with Gasteiger partial charge in [0.2, 0.25) is 10.0 Å². The maximum Gasteiger partial charge on any atom is 0.250 e. The second-order valence-electron chi connectivity index (χ2n) is 4.71. The summed E-state index contributed by atoms with van der Waals surface area (Å²) < 4.78 is 27.2. The van der Waals surface area contributed by atoms with Crippen molar-refractivity contribution in [2.75, 3.05) is 32.7 Å². The van der Waals surface area contributed by atoms with Crippen LogP contribution in [0.3, 0.4) is 0 Å². The van der Waals surface area contributed by atoms with E-state index >= 15 is 0 Å². The van der Waals surface area contributed by atoms with Gasteiger partial charge in [-0.05, 0) is 51.0 Å². The normalized spacial score (nSPS) is 17.1. The molecule has 0 saturated carbocycles. The molecule has 0 radical (unpaired) electrons. The van der Waals surface area contributed by atoms with Crippen molar-refractivity contribution >= 4 is 21.4 Å². The van der Waals surface area contributed by atoms with Crippen LogP contribution in [0.15, 0.2) is 16.3 Å². The van der Waals surface area contributed by atoms with Crippen molar-refractivity contribution in [1.29, 1.82) is 0 Å². The lowest BCUT2D eigenvalue weighted by Gasteiger charge is -2.14. The van der Waals surface area contributed by atoms with Gasteiger partial charge >= 0.3 is 0 Å². The first-order valence-corrected chi connectivity index (χ1v) is 8.92. The molecule has 1 aliphatic rings. The van der Waals surface area contributed by atoms with Crippen LogP contribution in [0.2, 0.25) is 0 Å². The maximum absolute atomic E-state index is 12.1. The number of rotatable bonds is 7. The van der Waals surface area contributed by atoms with Gasteiger partial charge in [-0.25, -0.2) is 13.1 Å². The summed E-state index contributed by atoms with van der Waals surface area (Å²) in [6.07, 6.45) is 3.17. The molecule has 1 aromatic heterocycles. The molecule has 1 saturated heterocycles. The smallest absolute Gasteiger partial charge is 0.250 e. The van der Waals surface area contributed by atoms with E-state index in [1.165, 1.54) is 24.2 Å². The van der Waals surface area contributed by atoms with Crippen molar-refractivity contribution in [3.05, 3.63) is 17.0 Å². The predicted molar refractivity (Wildman–Crippen MR) is 77.9 cm³/mol. The van der Waals surface area contributed by atoms with Gasteiger partial charge in [0, 0.05) is 18.0 Å². The number of hydrogen-bond acceptors (Lipinski definition) is 5. The summed E-state index contributed by atoms with van der Waals surface area (Å²) in [6.45, 7) is 3.98.